The first-order valence-corrected chi connectivity index (χ1v) is 7.90. The lowest BCUT2D eigenvalue weighted by molar-refractivity contribution is 0.122. The highest BCUT2D eigenvalue weighted by molar-refractivity contribution is 5.60. The Morgan fingerprint density at radius 3 is 2.77 bits per heavy atom. The predicted octanol–water partition coefficient (Wildman–Crippen LogP) is 2.93. The average molecular weight is 296 g/mol. The Morgan fingerprint density at radius 2 is 1.95 bits per heavy atom. The van der Waals surface area contributed by atoms with Crippen LogP contribution in [0.25, 0.3) is 0 Å². The fourth-order valence-electron chi connectivity index (χ4n) is 2.82. The van der Waals surface area contributed by atoms with E-state index in [2.05, 4.69) is 44.5 Å². The molecule has 0 bridgehead atoms. The Hall–Kier alpha value is -2.14. The van der Waals surface area contributed by atoms with Gasteiger partial charge in [0.25, 0.3) is 0 Å². The zero-order chi connectivity index (χ0) is 14.8. The van der Waals surface area contributed by atoms with Gasteiger partial charge in [-0.1, -0.05) is 12.1 Å². The molecular formula is C17H20N4O. The molecule has 0 atom stereocenters. The van der Waals surface area contributed by atoms with E-state index >= 15 is 0 Å². The van der Waals surface area contributed by atoms with E-state index < -0.39 is 0 Å². The van der Waals surface area contributed by atoms with E-state index in [9.17, 15) is 0 Å². The number of ether oxygens (including phenoxy) is 1. The van der Waals surface area contributed by atoms with Crippen molar-refractivity contribution in [2.24, 2.45) is 0 Å². The smallest absolute Gasteiger partial charge is 0.135 e. The summed E-state index contributed by atoms with van der Waals surface area (Å²) in [6.07, 6.45) is 4.26. The Kier molecular flexibility index (Phi) is 3.64. The molecule has 5 nitrogen and oxygen atoms in total. The first-order valence-electron chi connectivity index (χ1n) is 7.90. The predicted molar refractivity (Wildman–Crippen MR) is 86.8 cm³/mol. The Morgan fingerprint density at radius 1 is 1.09 bits per heavy atom. The molecule has 1 aliphatic heterocycles. The third kappa shape index (κ3) is 3.04. The van der Waals surface area contributed by atoms with E-state index in [1.807, 2.05) is 6.07 Å². The lowest BCUT2D eigenvalue weighted by Crippen LogP contribution is -2.36. The highest BCUT2D eigenvalue weighted by Gasteiger charge is 2.23. The number of rotatable bonds is 4. The van der Waals surface area contributed by atoms with Gasteiger partial charge in [-0.2, -0.15) is 0 Å². The van der Waals surface area contributed by atoms with Gasteiger partial charge < -0.3 is 15.0 Å². The van der Waals surface area contributed by atoms with Crippen LogP contribution in [0.1, 0.15) is 24.3 Å². The molecule has 2 heterocycles. The molecule has 1 N–H and O–H groups in total. The van der Waals surface area contributed by atoms with Crippen molar-refractivity contribution in [2.45, 2.75) is 18.8 Å². The van der Waals surface area contributed by atoms with Crippen LogP contribution in [-0.4, -0.2) is 36.3 Å². The van der Waals surface area contributed by atoms with Gasteiger partial charge in [0.15, 0.2) is 0 Å². The van der Waals surface area contributed by atoms with E-state index in [4.69, 9.17) is 4.74 Å². The summed E-state index contributed by atoms with van der Waals surface area (Å²) in [5, 5.41) is 3.40. The van der Waals surface area contributed by atoms with Crippen molar-refractivity contribution in [3.63, 3.8) is 0 Å². The van der Waals surface area contributed by atoms with Gasteiger partial charge >= 0.3 is 0 Å². The van der Waals surface area contributed by atoms with E-state index in [0.29, 0.717) is 0 Å². The zero-order valence-electron chi connectivity index (χ0n) is 12.5. The lowest BCUT2D eigenvalue weighted by atomic mass is 10.1. The van der Waals surface area contributed by atoms with Gasteiger partial charge in [-0.3, -0.25) is 0 Å². The molecule has 2 fully saturated rings. The molecule has 0 spiro atoms. The van der Waals surface area contributed by atoms with Crippen molar-refractivity contribution in [1.82, 2.24) is 9.97 Å². The average Bonchev–Trinajstić information content (AvgIpc) is 3.41. The Labute approximate surface area is 130 Å². The van der Waals surface area contributed by atoms with E-state index in [1.54, 1.807) is 6.33 Å². The third-order valence-electron chi connectivity index (χ3n) is 4.20. The van der Waals surface area contributed by atoms with Crippen molar-refractivity contribution >= 4 is 17.3 Å². The van der Waals surface area contributed by atoms with Crippen molar-refractivity contribution in [2.75, 3.05) is 36.5 Å². The molecule has 2 aromatic rings. The van der Waals surface area contributed by atoms with Crippen LogP contribution in [0.4, 0.5) is 17.3 Å². The normalized spacial score (nSPS) is 18.3. The fraction of sp³-hybridized carbons (Fsp3) is 0.412. The second kappa shape index (κ2) is 5.93. The number of hydrogen-bond donors (Lipinski definition) is 1. The summed E-state index contributed by atoms with van der Waals surface area (Å²) in [6.45, 7) is 3.29. The summed E-state index contributed by atoms with van der Waals surface area (Å²) >= 11 is 0. The van der Waals surface area contributed by atoms with E-state index in [0.717, 1.165) is 49.5 Å². The molecule has 22 heavy (non-hydrogen) atoms. The van der Waals surface area contributed by atoms with Crippen LogP contribution in [0.3, 0.4) is 0 Å². The van der Waals surface area contributed by atoms with Crippen LogP contribution >= 0.6 is 0 Å². The fourth-order valence-corrected chi connectivity index (χ4v) is 2.82. The van der Waals surface area contributed by atoms with Gasteiger partial charge in [-0.15, -0.1) is 0 Å². The molecular weight excluding hydrogens is 276 g/mol. The summed E-state index contributed by atoms with van der Waals surface area (Å²) in [5.41, 5.74) is 2.52. The molecule has 1 aliphatic carbocycles. The van der Waals surface area contributed by atoms with Crippen LogP contribution in [0.5, 0.6) is 0 Å². The van der Waals surface area contributed by atoms with Gasteiger partial charge in [0.1, 0.15) is 18.0 Å². The number of hydrogen-bond acceptors (Lipinski definition) is 5. The maximum absolute atomic E-state index is 5.39. The summed E-state index contributed by atoms with van der Waals surface area (Å²) < 4.78 is 5.39. The van der Waals surface area contributed by atoms with Gasteiger partial charge in [0.2, 0.25) is 0 Å². The summed E-state index contributed by atoms with van der Waals surface area (Å²) in [5.74, 6) is 2.56. The minimum absolute atomic E-state index is 0.760. The Balaban J connectivity index is 1.51. The minimum Gasteiger partial charge on any atom is -0.378 e. The maximum Gasteiger partial charge on any atom is 0.135 e. The molecule has 1 aromatic carbocycles. The molecule has 0 unspecified atom stereocenters. The van der Waals surface area contributed by atoms with Crippen molar-refractivity contribution in [1.29, 1.82) is 0 Å². The molecule has 1 aromatic heterocycles. The maximum atomic E-state index is 5.39. The zero-order valence-corrected chi connectivity index (χ0v) is 12.5. The summed E-state index contributed by atoms with van der Waals surface area (Å²) in [6, 6.07) is 10.6. The van der Waals surface area contributed by atoms with E-state index in [1.165, 1.54) is 18.4 Å². The highest BCUT2D eigenvalue weighted by Crippen LogP contribution is 2.40. The quantitative estimate of drug-likeness (QED) is 0.940. The van der Waals surface area contributed by atoms with Crippen molar-refractivity contribution < 1.29 is 4.74 Å². The summed E-state index contributed by atoms with van der Waals surface area (Å²) in [7, 11) is 0. The monoisotopic (exact) mass is 296 g/mol. The topological polar surface area (TPSA) is 50.3 Å². The molecule has 4 rings (SSSR count). The molecule has 5 heteroatoms. The standard InChI is InChI=1S/C17H20N4O/c1-2-14(13-4-5-13)10-15(3-1)20-16-11-17(19-12-18-16)21-6-8-22-9-7-21/h1-3,10-13H,4-9H2,(H,18,19,20). The number of nitrogens with zero attached hydrogens (tertiary/aromatic N) is 3. The minimum atomic E-state index is 0.760. The van der Waals surface area contributed by atoms with Gasteiger partial charge in [0, 0.05) is 24.8 Å². The summed E-state index contributed by atoms with van der Waals surface area (Å²) in [4.78, 5) is 11.0. The van der Waals surface area contributed by atoms with Crippen LogP contribution in [-0.2, 0) is 4.74 Å². The van der Waals surface area contributed by atoms with Crippen LogP contribution in [0.2, 0.25) is 0 Å². The largest absolute Gasteiger partial charge is 0.378 e. The molecule has 1 saturated carbocycles. The molecule has 0 radical (unpaired) electrons. The number of aromatic nitrogens is 2. The van der Waals surface area contributed by atoms with Gasteiger partial charge in [-0.05, 0) is 36.5 Å². The Bertz CT molecular complexity index is 651. The number of nitrogens with one attached hydrogen (secondary N) is 1. The van der Waals surface area contributed by atoms with E-state index in [-0.39, 0.29) is 0 Å². The molecule has 0 amide bonds. The van der Waals surface area contributed by atoms with Crippen LogP contribution < -0.4 is 10.2 Å². The number of benzene rings is 1. The van der Waals surface area contributed by atoms with Crippen molar-refractivity contribution in [3.05, 3.63) is 42.2 Å². The molecule has 2 aliphatic rings. The lowest BCUT2D eigenvalue weighted by Gasteiger charge is -2.27. The highest BCUT2D eigenvalue weighted by atomic mass is 16.5. The van der Waals surface area contributed by atoms with Crippen molar-refractivity contribution in [3.8, 4) is 0 Å². The first kappa shape index (κ1) is 13.5. The first-order chi connectivity index (χ1) is 10.9. The SMILES string of the molecule is c1cc(Nc2cc(N3CCOCC3)ncn2)cc(C2CC2)c1. The third-order valence-corrected chi connectivity index (χ3v) is 4.20. The second-order valence-electron chi connectivity index (χ2n) is 5.89. The van der Waals surface area contributed by atoms with Gasteiger partial charge in [0.05, 0.1) is 13.2 Å². The number of morpholine rings is 1. The molecule has 114 valence electrons. The van der Waals surface area contributed by atoms with Crippen LogP contribution in [0.15, 0.2) is 36.7 Å². The number of anilines is 3. The van der Waals surface area contributed by atoms with Crippen LogP contribution in [0, 0.1) is 0 Å². The molecule has 1 saturated heterocycles. The second-order valence-corrected chi connectivity index (χ2v) is 5.89. The van der Waals surface area contributed by atoms with Gasteiger partial charge in [-0.25, -0.2) is 9.97 Å².